The van der Waals surface area contributed by atoms with E-state index in [-0.39, 0.29) is 17.0 Å². The van der Waals surface area contributed by atoms with Gasteiger partial charge in [-0.1, -0.05) is 30.3 Å². The summed E-state index contributed by atoms with van der Waals surface area (Å²) in [7, 11) is 0. The van der Waals surface area contributed by atoms with Crippen LogP contribution in [0.2, 0.25) is 0 Å². The number of hydrogen-bond donors (Lipinski definition) is 1. The number of rotatable bonds is 3. The molecular formula is C12H12BrNOS. The molecule has 0 atom stereocenters. The lowest BCUT2D eigenvalue weighted by molar-refractivity contribution is 0.567. The molecule has 0 aliphatic rings. The zero-order chi connectivity index (χ0) is 10.5. The van der Waals surface area contributed by atoms with Crippen LogP contribution in [-0.4, -0.2) is 5.04 Å². The van der Waals surface area contributed by atoms with Crippen molar-refractivity contribution >= 4 is 33.8 Å². The highest BCUT2D eigenvalue weighted by molar-refractivity contribution is 8.93. The Morgan fingerprint density at radius 3 is 2.56 bits per heavy atom. The number of hydrogen-bond acceptors (Lipinski definition) is 3. The van der Waals surface area contributed by atoms with Gasteiger partial charge in [-0.15, -0.1) is 28.7 Å². The van der Waals surface area contributed by atoms with E-state index >= 15 is 0 Å². The van der Waals surface area contributed by atoms with Crippen molar-refractivity contribution in [2.24, 2.45) is 0 Å². The SMILES string of the molecule is Br.N=C(SCc1ccccc1)c1ccoc1. The van der Waals surface area contributed by atoms with Crippen molar-refractivity contribution in [3.63, 3.8) is 0 Å². The molecule has 0 amide bonds. The minimum Gasteiger partial charge on any atom is -0.472 e. The molecule has 4 heteroatoms. The fraction of sp³-hybridized carbons (Fsp3) is 0.0833. The predicted molar refractivity (Wildman–Crippen MR) is 73.6 cm³/mol. The molecule has 0 unspecified atom stereocenters. The summed E-state index contributed by atoms with van der Waals surface area (Å²) < 4.78 is 4.93. The molecule has 0 aliphatic heterocycles. The summed E-state index contributed by atoms with van der Waals surface area (Å²) in [5.41, 5.74) is 2.08. The summed E-state index contributed by atoms with van der Waals surface area (Å²) in [4.78, 5) is 0. The lowest BCUT2D eigenvalue weighted by Gasteiger charge is -2.00. The van der Waals surface area contributed by atoms with Crippen molar-refractivity contribution in [1.29, 1.82) is 5.41 Å². The number of nitrogens with one attached hydrogen (secondary N) is 1. The molecule has 2 nitrogen and oxygen atoms in total. The summed E-state index contributed by atoms with van der Waals surface area (Å²) >= 11 is 1.51. The summed E-state index contributed by atoms with van der Waals surface area (Å²) in [6, 6.07) is 12.0. The second-order valence-electron chi connectivity index (χ2n) is 3.12. The van der Waals surface area contributed by atoms with Gasteiger partial charge in [-0.2, -0.15) is 0 Å². The molecule has 1 aromatic carbocycles. The van der Waals surface area contributed by atoms with E-state index in [9.17, 15) is 0 Å². The van der Waals surface area contributed by atoms with E-state index in [1.54, 1.807) is 18.6 Å². The molecule has 0 saturated heterocycles. The van der Waals surface area contributed by atoms with Gasteiger partial charge in [-0.3, -0.25) is 5.41 Å². The van der Waals surface area contributed by atoms with Crippen molar-refractivity contribution in [1.82, 2.24) is 0 Å². The van der Waals surface area contributed by atoms with Gasteiger partial charge in [0.05, 0.1) is 11.3 Å². The molecule has 2 rings (SSSR count). The lowest BCUT2D eigenvalue weighted by Crippen LogP contribution is -1.91. The second-order valence-corrected chi connectivity index (χ2v) is 4.10. The maximum absolute atomic E-state index is 7.80. The van der Waals surface area contributed by atoms with Gasteiger partial charge < -0.3 is 4.42 Å². The van der Waals surface area contributed by atoms with E-state index in [1.807, 2.05) is 18.2 Å². The molecule has 0 saturated carbocycles. The summed E-state index contributed by atoms with van der Waals surface area (Å²) in [6.45, 7) is 0. The molecule has 1 aromatic heterocycles. The first-order valence-electron chi connectivity index (χ1n) is 4.64. The minimum atomic E-state index is 0. The Balaban J connectivity index is 0.00000128. The van der Waals surface area contributed by atoms with Crippen LogP contribution >= 0.6 is 28.7 Å². The Morgan fingerprint density at radius 1 is 1.19 bits per heavy atom. The molecule has 1 N–H and O–H groups in total. The monoisotopic (exact) mass is 297 g/mol. The normalized spacial score (nSPS) is 9.50. The highest BCUT2D eigenvalue weighted by Crippen LogP contribution is 2.17. The molecule has 0 bridgehead atoms. The molecular weight excluding hydrogens is 286 g/mol. The highest BCUT2D eigenvalue weighted by Gasteiger charge is 2.03. The summed E-state index contributed by atoms with van der Waals surface area (Å²) in [6.07, 6.45) is 3.19. The maximum Gasteiger partial charge on any atom is 0.100 e. The maximum atomic E-state index is 7.80. The van der Waals surface area contributed by atoms with Gasteiger partial charge in [0.15, 0.2) is 0 Å². The highest BCUT2D eigenvalue weighted by atomic mass is 79.9. The van der Waals surface area contributed by atoms with E-state index in [0.717, 1.165) is 11.3 Å². The van der Waals surface area contributed by atoms with Crippen LogP contribution < -0.4 is 0 Å². The molecule has 0 fully saturated rings. The molecule has 1 heterocycles. The number of benzene rings is 1. The Morgan fingerprint density at radius 2 is 1.94 bits per heavy atom. The van der Waals surface area contributed by atoms with Crippen molar-refractivity contribution in [3.8, 4) is 0 Å². The van der Waals surface area contributed by atoms with Crippen LogP contribution in [-0.2, 0) is 5.75 Å². The quantitative estimate of drug-likeness (QED) is 0.683. The first-order chi connectivity index (χ1) is 7.36. The van der Waals surface area contributed by atoms with Crippen LogP contribution in [0.25, 0.3) is 0 Å². The Labute approximate surface area is 109 Å². The van der Waals surface area contributed by atoms with Gasteiger partial charge in [0.2, 0.25) is 0 Å². The van der Waals surface area contributed by atoms with Crippen LogP contribution in [0, 0.1) is 5.41 Å². The standard InChI is InChI=1S/C12H11NOS.BrH/c13-12(11-6-7-14-8-11)15-9-10-4-2-1-3-5-10;/h1-8,13H,9H2;1H. The van der Waals surface area contributed by atoms with Crippen LogP contribution in [0.4, 0.5) is 0 Å². The molecule has 0 aliphatic carbocycles. The third-order valence-electron chi connectivity index (χ3n) is 2.01. The van der Waals surface area contributed by atoms with Gasteiger partial charge in [-0.05, 0) is 11.6 Å². The largest absolute Gasteiger partial charge is 0.472 e. The predicted octanol–water partition coefficient (Wildman–Crippen LogP) is 4.12. The van der Waals surface area contributed by atoms with Crippen LogP contribution in [0.1, 0.15) is 11.1 Å². The zero-order valence-electron chi connectivity index (χ0n) is 8.55. The third kappa shape index (κ3) is 3.54. The van der Waals surface area contributed by atoms with Gasteiger partial charge >= 0.3 is 0 Å². The van der Waals surface area contributed by atoms with Gasteiger partial charge in [0.1, 0.15) is 6.26 Å². The van der Waals surface area contributed by atoms with Gasteiger partial charge in [0, 0.05) is 11.3 Å². The summed E-state index contributed by atoms with van der Waals surface area (Å²) in [5.74, 6) is 0.824. The Kier molecular flexibility index (Phi) is 5.35. The number of thioether (sulfide) groups is 1. The third-order valence-corrected chi connectivity index (χ3v) is 3.01. The first kappa shape index (κ1) is 13.1. The van der Waals surface area contributed by atoms with Gasteiger partial charge in [-0.25, -0.2) is 0 Å². The number of halogens is 1. The van der Waals surface area contributed by atoms with Crippen molar-refractivity contribution in [2.45, 2.75) is 5.75 Å². The Bertz CT molecular complexity index is 428. The minimum absolute atomic E-state index is 0. The van der Waals surface area contributed by atoms with E-state index in [2.05, 4.69) is 12.1 Å². The first-order valence-corrected chi connectivity index (χ1v) is 5.62. The van der Waals surface area contributed by atoms with Gasteiger partial charge in [0.25, 0.3) is 0 Å². The van der Waals surface area contributed by atoms with E-state index in [4.69, 9.17) is 9.83 Å². The second kappa shape index (κ2) is 6.55. The summed E-state index contributed by atoms with van der Waals surface area (Å²) in [5, 5.41) is 8.35. The molecule has 2 aromatic rings. The van der Waals surface area contributed by atoms with E-state index in [1.165, 1.54) is 17.3 Å². The fourth-order valence-electron chi connectivity index (χ4n) is 1.21. The molecule has 0 spiro atoms. The fourth-order valence-corrected chi connectivity index (χ4v) is 1.99. The van der Waals surface area contributed by atoms with Crippen LogP contribution in [0.5, 0.6) is 0 Å². The van der Waals surface area contributed by atoms with Crippen LogP contribution in [0.3, 0.4) is 0 Å². The van der Waals surface area contributed by atoms with Crippen LogP contribution in [0.15, 0.2) is 53.3 Å². The number of furan rings is 1. The van der Waals surface area contributed by atoms with E-state index in [0.29, 0.717) is 5.04 Å². The molecule has 16 heavy (non-hydrogen) atoms. The smallest absolute Gasteiger partial charge is 0.100 e. The molecule has 0 radical (unpaired) electrons. The van der Waals surface area contributed by atoms with Crippen molar-refractivity contribution < 1.29 is 4.42 Å². The lowest BCUT2D eigenvalue weighted by atomic mass is 10.2. The van der Waals surface area contributed by atoms with Crippen molar-refractivity contribution in [3.05, 3.63) is 60.1 Å². The molecule has 84 valence electrons. The van der Waals surface area contributed by atoms with Crippen molar-refractivity contribution in [2.75, 3.05) is 0 Å². The average molecular weight is 298 g/mol. The topological polar surface area (TPSA) is 37.0 Å². The van der Waals surface area contributed by atoms with E-state index < -0.39 is 0 Å². The Hall–Kier alpha value is -1.00. The average Bonchev–Trinajstić information content (AvgIpc) is 2.81. The zero-order valence-corrected chi connectivity index (χ0v) is 11.1.